The van der Waals surface area contributed by atoms with Gasteiger partial charge < -0.3 is 5.73 Å². The Balaban J connectivity index is 3.04. The minimum absolute atomic E-state index is 0.119. The van der Waals surface area contributed by atoms with Gasteiger partial charge in [-0.15, -0.1) is 0 Å². The van der Waals surface area contributed by atoms with Gasteiger partial charge in [0.1, 0.15) is 5.84 Å². The average molecular weight is 290 g/mol. The first-order chi connectivity index (χ1) is 6.80. The van der Waals surface area contributed by atoms with Crippen molar-refractivity contribution in [2.24, 2.45) is 16.1 Å². The molecule has 0 aliphatic rings. The molecular weight excluding hydrogens is 275 g/mol. The van der Waals surface area contributed by atoms with Gasteiger partial charge in [-0.1, -0.05) is 32.4 Å². The van der Waals surface area contributed by atoms with E-state index >= 15 is 0 Å². The number of hydrogen-bond acceptors (Lipinski definition) is 1. The maximum absolute atomic E-state index is 5.88. The molecule has 0 heterocycles. The van der Waals surface area contributed by atoms with Crippen LogP contribution in [-0.2, 0) is 0 Å². The Morgan fingerprint density at radius 3 is 2.47 bits per heavy atom. The van der Waals surface area contributed by atoms with Gasteiger partial charge in [-0.2, -0.15) is 0 Å². The van der Waals surface area contributed by atoms with Crippen LogP contribution < -0.4 is 5.73 Å². The predicted molar refractivity (Wildman–Crippen MR) is 69.9 cm³/mol. The highest BCUT2D eigenvalue weighted by Gasteiger charge is 2.15. The number of benzene rings is 1. The molecule has 0 bridgehead atoms. The predicted octanol–water partition coefficient (Wildman–Crippen LogP) is 4.14. The third kappa shape index (κ3) is 3.50. The second-order valence-electron chi connectivity index (χ2n) is 4.35. The fraction of sp³-hybridized carbons (Fsp3) is 0.364. The van der Waals surface area contributed by atoms with Crippen molar-refractivity contribution in [3.8, 4) is 0 Å². The van der Waals surface area contributed by atoms with Gasteiger partial charge in [-0.3, -0.25) is 0 Å². The fourth-order valence-electron chi connectivity index (χ4n) is 0.861. The Bertz CT molecular complexity index is 394. The van der Waals surface area contributed by atoms with E-state index in [4.69, 9.17) is 17.3 Å². The lowest BCUT2D eigenvalue weighted by Crippen LogP contribution is -2.28. The molecule has 0 fully saturated rings. The number of amidine groups is 1. The molecule has 15 heavy (non-hydrogen) atoms. The molecule has 0 radical (unpaired) electrons. The second kappa shape index (κ2) is 4.54. The molecule has 1 rings (SSSR count). The van der Waals surface area contributed by atoms with E-state index in [1.54, 1.807) is 6.07 Å². The lowest BCUT2D eigenvalue weighted by Gasteiger charge is -2.17. The number of nitrogens with two attached hydrogens (primary N) is 1. The van der Waals surface area contributed by atoms with Crippen LogP contribution in [0.1, 0.15) is 20.8 Å². The summed E-state index contributed by atoms with van der Waals surface area (Å²) in [6, 6.07) is 5.48. The summed E-state index contributed by atoms with van der Waals surface area (Å²) in [5.41, 5.74) is 6.56. The van der Waals surface area contributed by atoms with E-state index in [0.717, 1.165) is 10.2 Å². The molecule has 0 unspecified atom stereocenters. The summed E-state index contributed by atoms with van der Waals surface area (Å²) in [7, 11) is 0. The average Bonchev–Trinajstić information content (AvgIpc) is 2.10. The van der Waals surface area contributed by atoms with Gasteiger partial charge >= 0.3 is 0 Å². The van der Waals surface area contributed by atoms with Crippen LogP contribution in [0.5, 0.6) is 0 Å². The zero-order chi connectivity index (χ0) is 11.6. The van der Waals surface area contributed by atoms with E-state index < -0.39 is 0 Å². The molecule has 0 atom stereocenters. The van der Waals surface area contributed by atoms with E-state index in [1.807, 2.05) is 32.9 Å². The third-order valence-electron chi connectivity index (χ3n) is 1.92. The fourth-order valence-corrected chi connectivity index (χ4v) is 1.35. The van der Waals surface area contributed by atoms with Gasteiger partial charge in [0.15, 0.2) is 0 Å². The molecule has 4 heteroatoms. The van der Waals surface area contributed by atoms with E-state index in [2.05, 4.69) is 20.9 Å². The van der Waals surface area contributed by atoms with E-state index in [0.29, 0.717) is 10.9 Å². The molecule has 0 aliphatic carbocycles. The Morgan fingerprint density at radius 1 is 1.40 bits per heavy atom. The lowest BCUT2D eigenvalue weighted by atomic mass is 9.95. The molecular formula is C11H14BrClN2. The molecule has 1 aromatic rings. The highest BCUT2D eigenvalue weighted by molar-refractivity contribution is 9.10. The quantitative estimate of drug-likeness (QED) is 0.612. The van der Waals surface area contributed by atoms with Crippen molar-refractivity contribution in [1.29, 1.82) is 0 Å². The summed E-state index contributed by atoms with van der Waals surface area (Å²) in [5, 5.41) is 0.670. The molecule has 2 nitrogen and oxygen atoms in total. The zero-order valence-electron chi connectivity index (χ0n) is 9.01. The Kier molecular flexibility index (Phi) is 3.79. The first kappa shape index (κ1) is 12.5. The topological polar surface area (TPSA) is 38.4 Å². The van der Waals surface area contributed by atoms with Crippen molar-refractivity contribution in [3.05, 3.63) is 27.7 Å². The van der Waals surface area contributed by atoms with E-state index in [-0.39, 0.29) is 5.41 Å². The minimum Gasteiger partial charge on any atom is -0.387 e. The van der Waals surface area contributed by atoms with Crippen molar-refractivity contribution < 1.29 is 0 Å². The van der Waals surface area contributed by atoms with E-state index in [1.165, 1.54) is 0 Å². The maximum atomic E-state index is 5.88. The number of rotatable bonds is 1. The second-order valence-corrected chi connectivity index (χ2v) is 5.61. The number of hydrogen-bond donors (Lipinski definition) is 1. The molecule has 1 aromatic carbocycles. The number of nitrogens with zero attached hydrogens (tertiary/aromatic N) is 1. The Morgan fingerprint density at radius 2 is 2.00 bits per heavy atom. The standard InChI is InChI=1S/C11H14BrClN2/c1-11(2,3)10(14)15-7-4-5-9(13)8(12)6-7/h4-6H,1-3H3,(H2,14,15). The largest absolute Gasteiger partial charge is 0.387 e. The molecule has 0 aliphatic heterocycles. The number of aliphatic imine (C=N–C) groups is 1. The van der Waals surface area contributed by atoms with Crippen molar-refractivity contribution in [2.75, 3.05) is 0 Å². The van der Waals surface area contributed by atoms with Crippen molar-refractivity contribution in [1.82, 2.24) is 0 Å². The van der Waals surface area contributed by atoms with Crippen molar-refractivity contribution in [2.45, 2.75) is 20.8 Å². The summed E-state index contributed by atoms with van der Waals surface area (Å²) in [4.78, 5) is 4.34. The smallest absolute Gasteiger partial charge is 0.105 e. The molecule has 0 spiro atoms. The third-order valence-corrected chi connectivity index (χ3v) is 3.14. The molecule has 2 N–H and O–H groups in total. The lowest BCUT2D eigenvalue weighted by molar-refractivity contribution is 0.585. The summed E-state index contributed by atoms with van der Waals surface area (Å²) in [5.74, 6) is 0.608. The highest BCUT2D eigenvalue weighted by atomic mass is 79.9. The van der Waals surface area contributed by atoms with Crippen LogP contribution in [0.2, 0.25) is 5.02 Å². The molecule has 0 amide bonds. The van der Waals surface area contributed by atoms with Gasteiger partial charge in [-0.25, -0.2) is 4.99 Å². The van der Waals surface area contributed by atoms with Crippen LogP contribution in [0.15, 0.2) is 27.7 Å². The van der Waals surface area contributed by atoms with Crippen LogP contribution in [0, 0.1) is 5.41 Å². The molecule has 0 aromatic heterocycles. The summed E-state index contributed by atoms with van der Waals surface area (Å²) < 4.78 is 0.826. The van der Waals surface area contributed by atoms with E-state index in [9.17, 15) is 0 Å². The summed E-state index contributed by atoms with van der Waals surface area (Å²) in [6.07, 6.45) is 0. The first-order valence-corrected chi connectivity index (χ1v) is 5.77. The molecule has 0 saturated carbocycles. The van der Waals surface area contributed by atoms with Gasteiger partial charge in [0, 0.05) is 9.89 Å². The first-order valence-electron chi connectivity index (χ1n) is 4.60. The van der Waals surface area contributed by atoms with Crippen LogP contribution >= 0.6 is 27.5 Å². The highest BCUT2D eigenvalue weighted by Crippen LogP contribution is 2.28. The molecule has 0 saturated heterocycles. The SMILES string of the molecule is CC(C)(C)C(N)=Nc1ccc(Cl)c(Br)c1. The van der Waals surface area contributed by atoms with Crippen LogP contribution in [-0.4, -0.2) is 5.84 Å². The van der Waals surface area contributed by atoms with Gasteiger partial charge in [0.05, 0.1) is 10.7 Å². The van der Waals surface area contributed by atoms with Crippen LogP contribution in [0.25, 0.3) is 0 Å². The van der Waals surface area contributed by atoms with Gasteiger partial charge in [0.2, 0.25) is 0 Å². The molecule has 82 valence electrons. The normalized spacial score (nSPS) is 13.0. The Labute approximate surface area is 104 Å². The zero-order valence-corrected chi connectivity index (χ0v) is 11.4. The van der Waals surface area contributed by atoms with Crippen LogP contribution in [0.3, 0.4) is 0 Å². The van der Waals surface area contributed by atoms with Crippen LogP contribution in [0.4, 0.5) is 5.69 Å². The van der Waals surface area contributed by atoms with Gasteiger partial charge in [-0.05, 0) is 34.1 Å². The summed E-state index contributed by atoms with van der Waals surface area (Å²) in [6.45, 7) is 6.07. The number of halogens is 2. The van der Waals surface area contributed by atoms with Crippen molar-refractivity contribution >= 4 is 39.1 Å². The Hall–Kier alpha value is -0.540. The monoisotopic (exact) mass is 288 g/mol. The minimum atomic E-state index is -0.119. The maximum Gasteiger partial charge on any atom is 0.105 e. The van der Waals surface area contributed by atoms with Gasteiger partial charge in [0.25, 0.3) is 0 Å². The summed E-state index contributed by atoms with van der Waals surface area (Å²) >= 11 is 9.22. The van der Waals surface area contributed by atoms with Crippen molar-refractivity contribution in [3.63, 3.8) is 0 Å².